The van der Waals surface area contributed by atoms with Gasteiger partial charge in [-0.1, -0.05) is 32.9 Å². The molecule has 2 bridgehead atoms. The van der Waals surface area contributed by atoms with Gasteiger partial charge in [0.15, 0.2) is 0 Å². The van der Waals surface area contributed by atoms with Crippen molar-refractivity contribution in [1.82, 2.24) is 4.90 Å². The van der Waals surface area contributed by atoms with E-state index < -0.39 is 41.1 Å². The molecule has 3 saturated heterocycles. The van der Waals surface area contributed by atoms with Crippen molar-refractivity contribution in [3.63, 3.8) is 0 Å². The fourth-order valence-corrected chi connectivity index (χ4v) is 7.52. The van der Waals surface area contributed by atoms with Crippen molar-refractivity contribution in [2.45, 2.75) is 89.0 Å². The Kier molecular flexibility index (Phi) is 10.4. The summed E-state index contributed by atoms with van der Waals surface area (Å²) in [6.45, 7) is 13.7. The number of hydrogen-bond donors (Lipinski definition) is 1. The molecule has 0 radical (unpaired) electrons. The Hall–Kier alpha value is -3.17. The van der Waals surface area contributed by atoms with Gasteiger partial charge < -0.3 is 29.1 Å². The number of aliphatic hydroxyl groups is 1. The summed E-state index contributed by atoms with van der Waals surface area (Å²) in [5.74, 6) is -2.00. The number of rotatable bonds is 16. The Morgan fingerprint density at radius 1 is 1.19 bits per heavy atom. The number of unbranched alkanes of at least 4 members (excludes halogenated alkanes) is 2. The van der Waals surface area contributed by atoms with E-state index >= 15 is 0 Å². The minimum absolute atomic E-state index is 0.153. The zero-order chi connectivity index (χ0) is 31.4. The molecule has 1 spiro atoms. The highest BCUT2D eigenvalue weighted by molar-refractivity contribution is 6.05. The molecule has 1 N–H and O–H groups in total. The van der Waals surface area contributed by atoms with Crippen molar-refractivity contribution in [3.8, 4) is 5.75 Å². The Morgan fingerprint density at radius 3 is 2.49 bits per heavy atom. The van der Waals surface area contributed by atoms with Crippen LogP contribution in [0.15, 0.2) is 49.6 Å². The van der Waals surface area contributed by atoms with Gasteiger partial charge in [-0.15, -0.1) is 13.2 Å². The lowest BCUT2D eigenvalue weighted by atomic mass is 9.65. The maximum Gasteiger partial charge on any atom is 0.312 e. The minimum atomic E-state index is -1.22. The Morgan fingerprint density at radius 2 is 1.91 bits per heavy atom. The third-order valence-corrected chi connectivity index (χ3v) is 9.46. The van der Waals surface area contributed by atoms with E-state index in [4.69, 9.17) is 14.2 Å². The summed E-state index contributed by atoms with van der Waals surface area (Å²) in [5.41, 5.74) is -1.48. The van der Waals surface area contributed by atoms with E-state index in [-0.39, 0.29) is 37.5 Å². The number of carbonyl (C=O) groups excluding carboxylic acids is 3. The molecule has 3 heterocycles. The maximum atomic E-state index is 14.8. The van der Waals surface area contributed by atoms with Crippen LogP contribution in [0.4, 0.5) is 5.69 Å². The Balaban J connectivity index is 1.78. The second kappa shape index (κ2) is 13.6. The lowest BCUT2D eigenvalue weighted by molar-refractivity contribution is -0.162. The van der Waals surface area contributed by atoms with E-state index in [1.54, 1.807) is 47.3 Å². The van der Waals surface area contributed by atoms with E-state index in [1.165, 1.54) is 0 Å². The summed E-state index contributed by atoms with van der Waals surface area (Å²) in [4.78, 5) is 46.3. The van der Waals surface area contributed by atoms with Crippen molar-refractivity contribution in [2.75, 3.05) is 31.8 Å². The lowest BCUT2D eigenvalue weighted by Gasteiger charge is -2.40. The van der Waals surface area contributed by atoms with Crippen LogP contribution in [0.1, 0.15) is 65.7 Å². The Labute approximate surface area is 255 Å². The third kappa shape index (κ3) is 5.86. The van der Waals surface area contributed by atoms with Crippen molar-refractivity contribution >= 4 is 23.5 Å². The van der Waals surface area contributed by atoms with Crippen molar-refractivity contribution in [2.24, 2.45) is 17.8 Å². The SMILES string of the molecule is C=CCCCCOC(=O)[C@@H]1[C@H]2C(=O)N([C@@H](CO)CC(C)C)C(C(=O)N(CC=C)c3ccc(OC)cc3)C23CC[C@@]1(CC)O3. The van der Waals surface area contributed by atoms with Crippen LogP contribution in [0.3, 0.4) is 0 Å². The summed E-state index contributed by atoms with van der Waals surface area (Å²) in [6.07, 6.45) is 7.86. The normalized spacial score (nSPS) is 28.1. The fourth-order valence-electron chi connectivity index (χ4n) is 7.52. The molecule has 2 amide bonds. The molecule has 6 atom stereocenters. The first-order chi connectivity index (χ1) is 20.6. The first kappa shape index (κ1) is 32.7. The van der Waals surface area contributed by atoms with E-state index in [0.717, 1.165) is 12.8 Å². The van der Waals surface area contributed by atoms with Gasteiger partial charge in [-0.25, -0.2) is 0 Å². The number of methoxy groups -OCH3 is 1. The number of aliphatic hydroxyl groups excluding tert-OH is 1. The molecule has 236 valence electrons. The van der Waals surface area contributed by atoms with E-state index in [1.807, 2.05) is 26.8 Å². The zero-order valence-corrected chi connectivity index (χ0v) is 26.1. The second-order valence-electron chi connectivity index (χ2n) is 12.4. The maximum absolute atomic E-state index is 14.8. The smallest absolute Gasteiger partial charge is 0.312 e. The van der Waals surface area contributed by atoms with Gasteiger partial charge in [0.1, 0.15) is 23.3 Å². The molecule has 0 aromatic heterocycles. The monoisotopic (exact) mass is 596 g/mol. The van der Waals surface area contributed by atoms with Gasteiger partial charge in [0.25, 0.3) is 5.91 Å². The number of ether oxygens (including phenoxy) is 3. The summed E-state index contributed by atoms with van der Waals surface area (Å²) in [5, 5.41) is 10.6. The number of carbonyl (C=O) groups is 3. The van der Waals surface area contributed by atoms with Gasteiger partial charge in [0.05, 0.1) is 37.9 Å². The van der Waals surface area contributed by atoms with Crippen LogP contribution in [-0.4, -0.2) is 77.9 Å². The summed E-state index contributed by atoms with van der Waals surface area (Å²) >= 11 is 0. The molecule has 4 rings (SSSR count). The number of anilines is 1. The molecule has 9 nitrogen and oxygen atoms in total. The van der Waals surface area contributed by atoms with Crippen molar-refractivity contribution in [3.05, 3.63) is 49.6 Å². The number of allylic oxidation sites excluding steroid dienone is 1. The molecule has 3 fully saturated rings. The number of amides is 2. The quantitative estimate of drug-likeness (QED) is 0.168. The molecular weight excluding hydrogens is 548 g/mol. The molecule has 1 aromatic carbocycles. The molecule has 2 unspecified atom stereocenters. The highest BCUT2D eigenvalue weighted by Gasteiger charge is 2.79. The van der Waals surface area contributed by atoms with Crippen LogP contribution >= 0.6 is 0 Å². The number of hydrogen-bond acceptors (Lipinski definition) is 7. The number of esters is 1. The largest absolute Gasteiger partial charge is 0.497 e. The van der Waals surface area contributed by atoms with Crippen LogP contribution in [0.5, 0.6) is 5.75 Å². The molecule has 1 aromatic rings. The third-order valence-electron chi connectivity index (χ3n) is 9.46. The molecule has 3 aliphatic heterocycles. The summed E-state index contributed by atoms with van der Waals surface area (Å²) in [7, 11) is 1.58. The van der Waals surface area contributed by atoms with E-state index in [9.17, 15) is 19.5 Å². The predicted molar refractivity (Wildman–Crippen MR) is 165 cm³/mol. The minimum Gasteiger partial charge on any atom is -0.497 e. The Bertz CT molecular complexity index is 1180. The van der Waals surface area contributed by atoms with Crippen LogP contribution in [0.25, 0.3) is 0 Å². The van der Waals surface area contributed by atoms with Gasteiger partial charge in [-0.05, 0) is 75.1 Å². The molecule has 9 heteroatoms. The average Bonchev–Trinajstić information content (AvgIpc) is 3.61. The molecule has 43 heavy (non-hydrogen) atoms. The second-order valence-corrected chi connectivity index (χ2v) is 12.4. The van der Waals surface area contributed by atoms with Gasteiger partial charge >= 0.3 is 5.97 Å². The molecule has 3 aliphatic rings. The first-order valence-corrected chi connectivity index (χ1v) is 15.6. The molecule has 0 saturated carbocycles. The molecular formula is C34H48N2O7. The zero-order valence-electron chi connectivity index (χ0n) is 26.1. The van der Waals surface area contributed by atoms with E-state index in [2.05, 4.69) is 13.2 Å². The highest BCUT2D eigenvalue weighted by Crippen LogP contribution is 2.65. The number of benzene rings is 1. The van der Waals surface area contributed by atoms with Gasteiger partial charge in [0.2, 0.25) is 5.91 Å². The van der Waals surface area contributed by atoms with E-state index in [0.29, 0.717) is 43.5 Å². The van der Waals surface area contributed by atoms with Crippen molar-refractivity contribution < 1.29 is 33.7 Å². The fraction of sp³-hybridized carbons (Fsp3) is 0.618. The number of fused-ring (bicyclic) bond motifs is 1. The van der Waals surface area contributed by atoms with Gasteiger partial charge in [-0.2, -0.15) is 0 Å². The standard InChI is InChI=1S/C34H48N2O7/c1-7-10-11-12-20-42-32(40)28-27-30(38)36(25(22-37)21-23(4)5)29(34(27)18-17-33(28,9-3)43-34)31(39)35(19-8-2)24-13-15-26(41-6)16-14-24/h7-8,13-16,23,25,27-29,37H,1-2,9-12,17-22H2,3-6H3/t25-,27+,28+,29?,33-,34?/m1/s1. The lowest BCUT2D eigenvalue weighted by Crippen LogP contribution is -2.59. The molecule has 0 aliphatic carbocycles. The summed E-state index contributed by atoms with van der Waals surface area (Å²) < 4.78 is 18.0. The van der Waals surface area contributed by atoms with Crippen molar-refractivity contribution in [1.29, 1.82) is 0 Å². The van der Waals surface area contributed by atoms with Crippen LogP contribution in [0.2, 0.25) is 0 Å². The first-order valence-electron chi connectivity index (χ1n) is 15.6. The van der Waals surface area contributed by atoms with Crippen LogP contribution < -0.4 is 9.64 Å². The predicted octanol–water partition coefficient (Wildman–Crippen LogP) is 4.68. The van der Waals surface area contributed by atoms with Gasteiger partial charge in [0, 0.05) is 12.2 Å². The van der Waals surface area contributed by atoms with Crippen LogP contribution in [-0.2, 0) is 23.9 Å². The number of nitrogens with zero attached hydrogens (tertiary/aromatic N) is 2. The summed E-state index contributed by atoms with van der Waals surface area (Å²) in [6, 6.07) is 5.50. The van der Waals surface area contributed by atoms with Crippen LogP contribution in [0, 0.1) is 17.8 Å². The number of likely N-dealkylation sites (tertiary alicyclic amines) is 1. The topological polar surface area (TPSA) is 106 Å². The van der Waals surface area contributed by atoms with Gasteiger partial charge in [-0.3, -0.25) is 14.4 Å². The highest BCUT2D eigenvalue weighted by atomic mass is 16.6. The average molecular weight is 597 g/mol.